The Balaban J connectivity index is 1.40. The molecular formula is C27H23N5O3. The highest BCUT2D eigenvalue weighted by atomic mass is 16.5. The van der Waals surface area contributed by atoms with Crippen molar-refractivity contribution in [1.82, 2.24) is 14.5 Å². The number of rotatable bonds is 7. The van der Waals surface area contributed by atoms with Crippen LogP contribution in [0, 0.1) is 0 Å². The Morgan fingerprint density at radius 1 is 0.914 bits per heavy atom. The third-order valence-electron chi connectivity index (χ3n) is 5.64. The third kappa shape index (κ3) is 4.55. The van der Waals surface area contributed by atoms with Crippen molar-refractivity contribution >= 4 is 34.2 Å². The number of fused-ring (bicyclic) bond motifs is 1. The number of hydrogen-bond acceptors (Lipinski definition) is 4. The number of aromatic nitrogens is 3. The van der Waals surface area contributed by atoms with Crippen LogP contribution in [0.5, 0.6) is 0 Å². The van der Waals surface area contributed by atoms with Crippen LogP contribution in [0.4, 0.5) is 11.4 Å². The second-order valence-electron chi connectivity index (χ2n) is 7.92. The third-order valence-corrected chi connectivity index (χ3v) is 5.64. The van der Waals surface area contributed by atoms with Gasteiger partial charge in [0.2, 0.25) is 0 Å². The zero-order valence-electron chi connectivity index (χ0n) is 19.0. The Bertz CT molecular complexity index is 1500. The summed E-state index contributed by atoms with van der Waals surface area (Å²) in [5.74, 6) is -0.590. The summed E-state index contributed by atoms with van der Waals surface area (Å²) in [6.07, 6.45) is 5.41. The van der Waals surface area contributed by atoms with E-state index in [9.17, 15) is 9.59 Å². The van der Waals surface area contributed by atoms with E-state index in [2.05, 4.69) is 20.6 Å². The number of aromatic amines is 1. The van der Waals surface area contributed by atoms with Crippen molar-refractivity contribution in [2.75, 3.05) is 17.7 Å². The first-order valence-corrected chi connectivity index (χ1v) is 11.0. The maximum absolute atomic E-state index is 13.1. The lowest BCUT2D eigenvalue weighted by atomic mass is 10.0. The number of ether oxygens (including phenoxy) is 1. The van der Waals surface area contributed by atoms with Gasteiger partial charge in [0.1, 0.15) is 5.52 Å². The molecule has 0 unspecified atom stereocenters. The van der Waals surface area contributed by atoms with Crippen LogP contribution in [0.1, 0.15) is 26.3 Å². The number of imidazole rings is 1. The highest BCUT2D eigenvalue weighted by molar-refractivity contribution is 6.10. The largest absolute Gasteiger partial charge is 0.380 e. The van der Waals surface area contributed by atoms with Crippen molar-refractivity contribution in [3.8, 4) is 5.69 Å². The maximum Gasteiger partial charge on any atom is 0.256 e. The number of nitrogens with one attached hydrogen (secondary N) is 3. The lowest BCUT2D eigenvalue weighted by molar-refractivity contribution is 0.101. The van der Waals surface area contributed by atoms with Gasteiger partial charge in [0.25, 0.3) is 11.8 Å². The van der Waals surface area contributed by atoms with E-state index in [-0.39, 0.29) is 18.4 Å². The molecule has 2 heterocycles. The quantitative estimate of drug-likeness (QED) is 0.315. The molecule has 0 spiro atoms. The van der Waals surface area contributed by atoms with E-state index in [1.165, 1.54) is 0 Å². The van der Waals surface area contributed by atoms with Gasteiger partial charge in [0.05, 0.1) is 35.5 Å². The SMILES string of the molecule is COCc1cc(C(=O)Nc2ccccc2-n2cccc2)ccc1C(=O)Nc1cccc2[nH]cnc12. The molecule has 174 valence electrons. The van der Waals surface area contributed by atoms with E-state index >= 15 is 0 Å². The molecule has 5 rings (SSSR count). The Morgan fingerprint density at radius 2 is 1.69 bits per heavy atom. The number of benzene rings is 3. The van der Waals surface area contributed by atoms with Crippen molar-refractivity contribution in [3.63, 3.8) is 0 Å². The molecule has 0 saturated heterocycles. The minimum Gasteiger partial charge on any atom is -0.380 e. The zero-order chi connectivity index (χ0) is 24.2. The number of carbonyl (C=O) groups excluding carboxylic acids is 2. The summed E-state index contributed by atoms with van der Waals surface area (Å²) in [6.45, 7) is 0.177. The molecule has 0 saturated carbocycles. The first kappa shape index (κ1) is 22.1. The average molecular weight is 466 g/mol. The van der Waals surface area contributed by atoms with Gasteiger partial charge >= 0.3 is 0 Å². The Kier molecular flexibility index (Phi) is 6.11. The lowest BCUT2D eigenvalue weighted by Crippen LogP contribution is -2.18. The molecule has 5 aromatic rings. The Hall–Kier alpha value is -4.69. The van der Waals surface area contributed by atoms with Crippen LogP contribution in [0.3, 0.4) is 0 Å². The van der Waals surface area contributed by atoms with E-state index in [1.54, 1.807) is 37.7 Å². The van der Waals surface area contributed by atoms with Crippen LogP contribution in [0.15, 0.2) is 91.5 Å². The first-order valence-electron chi connectivity index (χ1n) is 11.0. The molecule has 8 heteroatoms. The molecule has 0 aliphatic rings. The molecule has 35 heavy (non-hydrogen) atoms. The van der Waals surface area contributed by atoms with Gasteiger partial charge in [-0.1, -0.05) is 18.2 Å². The summed E-state index contributed by atoms with van der Waals surface area (Å²) < 4.78 is 7.25. The van der Waals surface area contributed by atoms with Gasteiger partial charge in [-0.05, 0) is 60.2 Å². The number of amides is 2. The normalized spacial score (nSPS) is 10.9. The second-order valence-corrected chi connectivity index (χ2v) is 7.92. The zero-order valence-corrected chi connectivity index (χ0v) is 19.0. The maximum atomic E-state index is 13.1. The Morgan fingerprint density at radius 3 is 2.51 bits per heavy atom. The van der Waals surface area contributed by atoms with Gasteiger partial charge in [0.15, 0.2) is 0 Å². The van der Waals surface area contributed by atoms with Crippen LogP contribution in [-0.2, 0) is 11.3 Å². The fraction of sp³-hybridized carbons (Fsp3) is 0.0741. The van der Waals surface area contributed by atoms with Crippen molar-refractivity contribution in [3.05, 3.63) is 108 Å². The molecule has 8 nitrogen and oxygen atoms in total. The fourth-order valence-corrected chi connectivity index (χ4v) is 3.98. The smallest absolute Gasteiger partial charge is 0.256 e. The van der Waals surface area contributed by atoms with Crippen LogP contribution < -0.4 is 10.6 Å². The minimum absolute atomic E-state index is 0.177. The van der Waals surface area contributed by atoms with E-state index < -0.39 is 0 Å². The molecule has 3 N–H and O–H groups in total. The molecule has 3 aromatic carbocycles. The number of nitrogens with zero attached hydrogens (tertiary/aromatic N) is 2. The van der Waals surface area contributed by atoms with E-state index in [4.69, 9.17) is 4.74 Å². The average Bonchev–Trinajstić information content (AvgIpc) is 3.57. The summed E-state index contributed by atoms with van der Waals surface area (Å²) in [4.78, 5) is 33.5. The minimum atomic E-state index is -0.308. The summed E-state index contributed by atoms with van der Waals surface area (Å²) in [5, 5.41) is 5.89. The van der Waals surface area contributed by atoms with Gasteiger partial charge in [0, 0.05) is 30.6 Å². The second kappa shape index (κ2) is 9.66. The van der Waals surface area contributed by atoms with Gasteiger partial charge in [-0.25, -0.2) is 4.98 Å². The highest BCUT2D eigenvalue weighted by Gasteiger charge is 2.17. The van der Waals surface area contributed by atoms with Gasteiger partial charge < -0.3 is 24.9 Å². The van der Waals surface area contributed by atoms with Crippen LogP contribution in [0.25, 0.3) is 16.7 Å². The molecule has 2 amide bonds. The lowest BCUT2D eigenvalue weighted by Gasteiger charge is -2.14. The summed E-state index contributed by atoms with van der Waals surface area (Å²) >= 11 is 0. The molecule has 0 aliphatic carbocycles. The Labute approximate surface area is 201 Å². The van der Waals surface area contributed by atoms with Crippen molar-refractivity contribution < 1.29 is 14.3 Å². The van der Waals surface area contributed by atoms with Gasteiger partial charge in [-0.15, -0.1) is 0 Å². The molecule has 0 fully saturated rings. The highest BCUT2D eigenvalue weighted by Crippen LogP contribution is 2.24. The first-order chi connectivity index (χ1) is 17.1. The van der Waals surface area contributed by atoms with Crippen LogP contribution in [-0.4, -0.2) is 33.5 Å². The van der Waals surface area contributed by atoms with Gasteiger partial charge in [-0.3, -0.25) is 9.59 Å². The summed E-state index contributed by atoms with van der Waals surface area (Å²) in [5.41, 5.74) is 5.07. The number of hydrogen-bond donors (Lipinski definition) is 3. The molecule has 2 aromatic heterocycles. The van der Waals surface area contributed by atoms with E-state index in [0.717, 1.165) is 11.2 Å². The van der Waals surface area contributed by atoms with Crippen LogP contribution >= 0.6 is 0 Å². The number of carbonyl (C=O) groups is 2. The van der Waals surface area contributed by atoms with Gasteiger partial charge in [-0.2, -0.15) is 0 Å². The number of methoxy groups -OCH3 is 1. The van der Waals surface area contributed by atoms with Crippen molar-refractivity contribution in [2.45, 2.75) is 6.61 Å². The molecule has 0 bridgehead atoms. The predicted octanol–water partition coefficient (Wildman–Crippen LogP) is 5.00. The predicted molar refractivity (Wildman–Crippen MR) is 135 cm³/mol. The molecule has 0 radical (unpaired) electrons. The van der Waals surface area contributed by atoms with E-state index in [0.29, 0.717) is 33.6 Å². The number of H-pyrrole nitrogens is 1. The summed E-state index contributed by atoms with van der Waals surface area (Å²) in [6, 6.07) is 21.9. The number of para-hydroxylation sites is 3. The van der Waals surface area contributed by atoms with Crippen molar-refractivity contribution in [2.24, 2.45) is 0 Å². The van der Waals surface area contributed by atoms with Crippen LogP contribution in [0.2, 0.25) is 0 Å². The monoisotopic (exact) mass is 465 g/mol. The standard InChI is InChI=1S/C27H23N5O3/c1-35-16-19-15-18(26(33)30-21-7-2-3-10-24(21)32-13-4-5-14-32)11-12-20(19)27(34)31-23-9-6-8-22-25(23)29-17-28-22/h2-15,17H,16H2,1H3,(H,28,29)(H,30,33)(H,31,34). The molecule has 0 aliphatic heterocycles. The molecule has 0 atom stereocenters. The molecular weight excluding hydrogens is 442 g/mol. The summed E-state index contributed by atoms with van der Waals surface area (Å²) in [7, 11) is 1.55. The van der Waals surface area contributed by atoms with E-state index in [1.807, 2.05) is 65.5 Å². The number of anilines is 2. The topological polar surface area (TPSA) is 101 Å². The fourth-order valence-electron chi connectivity index (χ4n) is 3.98. The van der Waals surface area contributed by atoms with Crippen molar-refractivity contribution in [1.29, 1.82) is 0 Å².